The number of aromatic amines is 1. The van der Waals surface area contributed by atoms with E-state index in [1.807, 2.05) is 0 Å². The highest BCUT2D eigenvalue weighted by Crippen LogP contribution is 2.44. The van der Waals surface area contributed by atoms with Crippen LogP contribution in [0.4, 0.5) is 0 Å². The van der Waals surface area contributed by atoms with Crippen LogP contribution in [0.5, 0.6) is 5.88 Å². The van der Waals surface area contributed by atoms with Crippen LogP contribution in [-0.4, -0.2) is 10.2 Å². The summed E-state index contributed by atoms with van der Waals surface area (Å²) in [6, 6.07) is 19.0. The van der Waals surface area contributed by atoms with Crippen LogP contribution in [0, 0.1) is 18.3 Å². The van der Waals surface area contributed by atoms with Gasteiger partial charge in [-0.3, -0.25) is 5.10 Å². The van der Waals surface area contributed by atoms with E-state index in [0.717, 1.165) is 23.2 Å². The molecular weight excluding hydrogens is 380 g/mol. The fourth-order valence-corrected chi connectivity index (χ4v) is 4.35. The molecule has 3 N–H and O–H groups in total. The fourth-order valence-electron chi connectivity index (χ4n) is 3.49. The van der Waals surface area contributed by atoms with E-state index in [-0.39, 0.29) is 11.8 Å². The number of nitrogens with zero attached hydrogens (tertiary/aromatic N) is 2. The van der Waals surface area contributed by atoms with Crippen molar-refractivity contribution < 1.29 is 4.74 Å². The maximum atomic E-state index is 9.78. The predicted molar refractivity (Wildman–Crippen MR) is 114 cm³/mol. The summed E-state index contributed by atoms with van der Waals surface area (Å²) in [4.78, 5) is 1.18. The Labute approximate surface area is 174 Å². The van der Waals surface area contributed by atoms with Crippen molar-refractivity contribution in [1.82, 2.24) is 10.2 Å². The van der Waals surface area contributed by atoms with Crippen LogP contribution in [0.2, 0.25) is 0 Å². The molecule has 0 unspecified atom stereocenters. The van der Waals surface area contributed by atoms with Crippen LogP contribution < -0.4 is 10.5 Å². The second-order valence-corrected chi connectivity index (χ2v) is 8.09. The molecule has 5 nitrogen and oxygen atoms in total. The fraction of sp³-hybridized carbons (Fsp3) is 0.217. The van der Waals surface area contributed by atoms with E-state index in [0.29, 0.717) is 17.2 Å². The number of allylic oxidation sites excluding steroid dienone is 1. The smallest absolute Gasteiger partial charge is 0.244 e. The van der Waals surface area contributed by atoms with Gasteiger partial charge >= 0.3 is 0 Å². The van der Waals surface area contributed by atoms with Gasteiger partial charge in [0.25, 0.3) is 0 Å². The average Bonchev–Trinajstić information content (AvgIpc) is 3.14. The SMILES string of the molecule is CCc1ccc([C@H]2C(C#N)=C(N)Oc3n[nH]c(CSc4ccc(C)cc4)c32)cc1. The van der Waals surface area contributed by atoms with Crippen molar-refractivity contribution in [3.05, 3.63) is 87.9 Å². The van der Waals surface area contributed by atoms with Gasteiger partial charge in [-0.1, -0.05) is 48.9 Å². The number of nitrogens with two attached hydrogens (primary N) is 1. The third kappa shape index (κ3) is 3.74. The van der Waals surface area contributed by atoms with Crippen LogP contribution in [-0.2, 0) is 12.2 Å². The van der Waals surface area contributed by atoms with Crippen molar-refractivity contribution in [2.45, 2.75) is 36.8 Å². The van der Waals surface area contributed by atoms with Crippen LogP contribution in [0.1, 0.15) is 40.8 Å². The molecule has 0 aliphatic carbocycles. The molecule has 0 fully saturated rings. The van der Waals surface area contributed by atoms with Gasteiger partial charge in [-0.05, 0) is 36.6 Å². The lowest BCUT2D eigenvalue weighted by Crippen LogP contribution is -2.21. The van der Waals surface area contributed by atoms with Crippen LogP contribution in [0.25, 0.3) is 0 Å². The third-order valence-electron chi connectivity index (χ3n) is 5.14. The van der Waals surface area contributed by atoms with Gasteiger partial charge in [0, 0.05) is 10.6 Å². The second-order valence-electron chi connectivity index (χ2n) is 7.04. The first-order valence-corrected chi connectivity index (χ1v) is 10.5. The molecule has 1 aliphatic rings. The molecule has 6 heteroatoms. The minimum absolute atomic E-state index is 0.119. The minimum Gasteiger partial charge on any atom is -0.420 e. The number of nitrogens with one attached hydrogen (secondary N) is 1. The topological polar surface area (TPSA) is 87.7 Å². The van der Waals surface area contributed by atoms with Gasteiger partial charge in [-0.25, -0.2) is 0 Å². The van der Waals surface area contributed by atoms with Gasteiger partial charge < -0.3 is 10.5 Å². The standard InChI is InChI=1S/C23H22N4OS/c1-3-15-6-8-16(9-7-15)20-18(12-24)22(25)28-23-21(20)19(26-27-23)13-29-17-10-4-14(2)5-11-17/h4-11,20H,3,13,25H2,1-2H3,(H,26,27)/t20-/m0/s1. The number of hydrogen-bond donors (Lipinski definition) is 2. The van der Waals surface area contributed by atoms with Gasteiger partial charge in [-0.2, -0.15) is 5.26 Å². The summed E-state index contributed by atoms with van der Waals surface area (Å²) in [6.45, 7) is 4.20. The highest BCUT2D eigenvalue weighted by atomic mass is 32.2. The zero-order chi connectivity index (χ0) is 20.4. The molecule has 2 heterocycles. The zero-order valence-electron chi connectivity index (χ0n) is 16.4. The number of ether oxygens (including phenoxy) is 1. The van der Waals surface area contributed by atoms with Crippen molar-refractivity contribution in [3.63, 3.8) is 0 Å². The van der Waals surface area contributed by atoms with Crippen molar-refractivity contribution in [1.29, 1.82) is 5.26 Å². The van der Waals surface area contributed by atoms with E-state index in [2.05, 4.69) is 78.6 Å². The quantitative estimate of drug-likeness (QED) is 0.599. The van der Waals surface area contributed by atoms with Crippen LogP contribution in [0.15, 0.2) is 64.9 Å². The van der Waals surface area contributed by atoms with E-state index < -0.39 is 0 Å². The first-order chi connectivity index (χ1) is 14.1. The van der Waals surface area contributed by atoms with Gasteiger partial charge in [0.2, 0.25) is 11.8 Å². The number of rotatable bonds is 5. The number of hydrogen-bond acceptors (Lipinski definition) is 5. The highest BCUT2D eigenvalue weighted by Gasteiger charge is 2.35. The summed E-state index contributed by atoms with van der Waals surface area (Å²) in [5, 5.41) is 17.2. The largest absolute Gasteiger partial charge is 0.420 e. The maximum absolute atomic E-state index is 9.78. The van der Waals surface area contributed by atoms with E-state index in [1.165, 1.54) is 16.0 Å². The third-order valence-corrected chi connectivity index (χ3v) is 6.18. The van der Waals surface area contributed by atoms with Crippen molar-refractivity contribution in [2.75, 3.05) is 0 Å². The molecule has 0 saturated heterocycles. The van der Waals surface area contributed by atoms with Gasteiger partial charge in [0.05, 0.1) is 17.2 Å². The highest BCUT2D eigenvalue weighted by molar-refractivity contribution is 7.98. The lowest BCUT2D eigenvalue weighted by molar-refractivity contribution is 0.379. The van der Waals surface area contributed by atoms with Crippen molar-refractivity contribution >= 4 is 11.8 Å². The molecule has 1 aliphatic heterocycles. The molecule has 2 aromatic carbocycles. The van der Waals surface area contributed by atoms with E-state index in [4.69, 9.17) is 10.5 Å². The summed E-state index contributed by atoms with van der Waals surface area (Å²) in [5.41, 5.74) is 11.8. The van der Waals surface area contributed by atoms with Crippen LogP contribution >= 0.6 is 11.8 Å². The second kappa shape index (κ2) is 8.06. The molecule has 29 heavy (non-hydrogen) atoms. The van der Waals surface area contributed by atoms with Crippen LogP contribution in [0.3, 0.4) is 0 Å². The minimum atomic E-state index is -0.290. The number of fused-ring (bicyclic) bond motifs is 1. The van der Waals surface area contributed by atoms with Gasteiger partial charge in [0.1, 0.15) is 11.6 Å². The normalized spacial score (nSPS) is 15.6. The van der Waals surface area contributed by atoms with E-state index in [1.54, 1.807) is 11.8 Å². The Morgan fingerprint density at radius 2 is 1.90 bits per heavy atom. The Morgan fingerprint density at radius 3 is 2.55 bits per heavy atom. The molecule has 4 rings (SSSR count). The molecule has 0 bridgehead atoms. The Bertz CT molecular complexity index is 1090. The molecular formula is C23H22N4OS. The molecule has 146 valence electrons. The molecule has 0 amide bonds. The number of thioether (sulfide) groups is 1. The lowest BCUT2D eigenvalue weighted by Gasteiger charge is -2.24. The number of benzene rings is 2. The monoisotopic (exact) mass is 402 g/mol. The average molecular weight is 403 g/mol. The summed E-state index contributed by atoms with van der Waals surface area (Å²) in [6.07, 6.45) is 0.965. The molecule has 3 aromatic rings. The van der Waals surface area contributed by atoms with E-state index >= 15 is 0 Å². The molecule has 1 aromatic heterocycles. The summed E-state index contributed by atoms with van der Waals surface area (Å²) in [5.74, 6) is 0.970. The van der Waals surface area contributed by atoms with E-state index in [9.17, 15) is 5.26 Å². The number of nitriles is 1. The maximum Gasteiger partial charge on any atom is 0.244 e. The Balaban J connectivity index is 1.70. The predicted octanol–water partition coefficient (Wildman–Crippen LogP) is 4.79. The van der Waals surface area contributed by atoms with Crippen molar-refractivity contribution in [2.24, 2.45) is 5.73 Å². The first kappa shape index (κ1) is 19.2. The zero-order valence-corrected chi connectivity index (χ0v) is 17.2. The Hall–Kier alpha value is -3.17. The number of H-pyrrole nitrogens is 1. The number of aromatic nitrogens is 2. The molecule has 0 spiro atoms. The number of aryl methyl sites for hydroxylation is 2. The molecule has 0 radical (unpaired) electrons. The Kier molecular flexibility index (Phi) is 5.32. The van der Waals surface area contributed by atoms with Crippen molar-refractivity contribution in [3.8, 4) is 11.9 Å². The summed E-state index contributed by atoms with van der Waals surface area (Å²) in [7, 11) is 0. The Morgan fingerprint density at radius 1 is 1.17 bits per heavy atom. The lowest BCUT2D eigenvalue weighted by atomic mass is 9.84. The van der Waals surface area contributed by atoms with Gasteiger partial charge in [-0.15, -0.1) is 16.9 Å². The molecule has 1 atom stereocenters. The van der Waals surface area contributed by atoms with Gasteiger partial charge in [0.15, 0.2) is 0 Å². The first-order valence-electron chi connectivity index (χ1n) is 9.53. The molecule has 0 saturated carbocycles. The summed E-state index contributed by atoms with van der Waals surface area (Å²) < 4.78 is 5.66. The summed E-state index contributed by atoms with van der Waals surface area (Å²) >= 11 is 1.72.